The van der Waals surface area contributed by atoms with Gasteiger partial charge in [0.25, 0.3) is 5.91 Å². The number of furan rings is 1. The summed E-state index contributed by atoms with van der Waals surface area (Å²) in [5, 5.41) is 5.04. The summed E-state index contributed by atoms with van der Waals surface area (Å²) >= 11 is 0. The van der Waals surface area contributed by atoms with Gasteiger partial charge in [-0.15, -0.1) is 0 Å². The van der Waals surface area contributed by atoms with E-state index < -0.39 is 0 Å². The van der Waals surface area contributed by atoms with E-state index in [-0.39, 0.29) is 25.1 Å². The Hall–Kier alpha value is -3.93. The number of fused-ring (bicyclic) bond motifs is 2. The maximum atomic E-state index is 12.4. The molecular weight excluding hydrogens is 370 g/mol. The predicted octanol–water partition coefficient (Wildman–Crippen LogP) is 4.99. The van der Waals surface area contributed by atoms with E-state index in [1.807, 2.05) is 36.4 Å². The van der Waals surface area contributed by atoms with Gasteiger partial charge in [0, 0.05) is 11.8 Å². The molecule has 6 nitrogen and oxygen atoms in total. The molecule has 1 aliphatic rings. The summed E-state index contributed by atoms with van der Waals surface area (Å²) in [4.78, 5) is 12.4. The second-order valence-corrected chi connectivity index (χ2v) is 6.59. The van der Waals surface area contributed by atoms with Crippen molar-refractivity contribution in [3.63, 3.8) is 0 Å². The number of ether oxygens (including phenoxy) is 3. The maximum absolute atomic E-state index is 12.4. The van der Waals surface area contributed by atoms with Crippen molar-refractivity contribution in [2.45, 2.75) is 6.61 Å². The number of rotatable bonds is 5. The first kappa shape index (κ1) is 17.2. The first-order valence-corrected chi connectivity index (χ1v) is 9.16. The lowest BCUT2D eigenvalue weighted by Gasteiger charge is -2.06. The third-order valence-electron chi connectivity index (χ3n) is 4.62. The van der Waals surface area contributed by atoms with Gasteiger partial charge in [-0.05, 0) is 47.2 Å². The molecule has 5 rings (SSSR count). The Morgan fingerprint density at radius 2 is 1.76 bits per heavy atom. The molecule has 0 saturated heterocycles. The van der Waals surface area contributed by atoms with Crippen LogP contribution in [0.2, 0.25) is 0 Å². The van der Waals surface area contributed by atoms with Crippen LogP contribution in [0.5, 0.6) is 17.2 Å². The van der Waals surface area contributed by atoms with Crippen LogP contribution in [0, 0.1) is 0 Å². The van der Waals surface area contributed by atoms with Crippen molar-refractivity contribution in [3.8, 4) is 17.2 Å². The molecule has 0 spiro atoms. The topological polar surface area (TPSA) is 69.9 Å². The van der Waals surface area contributed by atoms with Gasteiger partial charge < -0.3 is 23.9 Å². The van der Waals surface area contributed by atoms with Crippen LogP contribution in [0.1, 0.15) is 16.3 Å². The van der Waals surface area contributed by atoms with Crippen molar-refractivity contribution >= 4 is 22.4 Å². The fourth-order valence-electron chi connectivity index (χ4n) is 3.16. The Bertz CT molecular complexity index is 1200. The maximum Gasteiger partial charge on any atom is 0.291 e. The first-order valence-electron chi connectivity index (χ1n) is 9.16. The molecule has 0 unspecified atom stereocenters. The van der Waals surface area contributed by atoms with Crippen LogP contribution in [0.15, 0.2) is 77.2 Å². The van der Waals surface area contributed by atoms with Crippen LogP contribution < -0.4 is 19.5 Å². The van der Waals surface area contributed by atoms with Crippen LogP contribution in [-0.2, 0) is 6.61 Å². The monoisotopic (exact) mass is 387 g/mol. The average Bonchev–Trinajstić information content (AvgIpc) is 3.41. The van der Waals surface area contributed by atoms with Gasteiger partial charge in [-0.3, -0.25) is 4.79 Å². The minimum absolute atomic E-state index is 0.186. The fraction of sp³-hybridized carbons (Fsp3) is 0.0870. The van der Waals surface area contributed by atoms with Crippen LogP contribution in [-0.4, -0.2) is 12.7 Å². The summed E-state index contributed by atoms with van der Waals surface area (Å²) in [5.74, 6) is 2.43. The van der Waals surface area contributed by atoms with E-state index >= 15 is 0 Å². The number of amides is 1. The summed E-state index contributed by atoms with van der Waals surface area (Å²) in [6.45, 7) is 0.418. The zero-order valence-corrected chi connectivity index (χ0v) is 15.4. The van der Waals surface area contributed by atoms with E-state index in [1.54, 1.807) is 30.3 Å². The van der Waals surface area contributed by atoms with Gasteiger partial charge in [0.1, 0.15) is 18.1 Å². The zero-order valence-electron chi connectivity index (χ0n) is 15.4. The van der Waals surface area contributed by atoms with Gasteiger partial charge in [0.05, 0.1) is 0 Å². The number of carbonyl (C=O) groups excluding carboxylic acids is 1. The zero-order chi connectivity index (χ0) is 19.6. The Morgan fingerprint density at radius 1 is 0.897 bits per heavy atom. The third kappa shape index (κ3) is 3.60. The third-order valence-corrected chi connectivity index (χ3v) is 4.62. The lowest BCUT2D eigenvalue weighted by atomic mass is 10.1. The van der Waals surface area contributed by atoms with E-state index in [0.29, 0.717) is 22.9 Å². The number of benzene rings is 3. The lowest BCUT2D eigenvalue weighted by Crippen LogP contribution is -2.10. The largest absolute Gasteiger partial charge is 0.486 e. The van der Waals surface area contributed by atoms with Gasteiger partial charge in [-0.25, -0.2) is 0 Å². The smallest absolute Gasteiger partial charge is 0.291 e. The highest BCUT2D eigenvalue weighted by Crippen LogP contribution is 2.34. The number of carbonyl (C=O) groups is 1. The van der Waals surface area contributed by atoms with E-state index in [9.17, 15) is 4.79 Å². The molecule has 1 aliphatic heterocycles. The standard InChI is InChI=1S/C23H17NO5/c25-23(24-17-6-9-20-22(12-17)28-14-27-20)21-10-8-19(29-21)13-26-18-7-5-15-3-1-2-4-16(15)11-18/h1-12H,13-14H2,(H,24,25). The molecule has 0 radical (unpaired) electrons. The predicted molar refractivity (Wildman–Crippen MR) is 108 cm³/mol. The van der Waals surface area contributed by atoms with E-state index in [4.69, 9.17) is 18.6 Å². The van der Waals surface area contributed by atoms with Crippen molar-refractivity contribution in [2.75, 3.05) is 12.1 Å². The average molecular weight is 387 g/mol. The van der Waals surface area contributed by atoms with Gasteiger partial charge in [-0.1, -0.05) is 30.3 Å². The Labute approximate surface area is 166 Å². The van der Waals surface area contributed by atoms with Gasteiger partial charge >= 0.3 is 0 Å². The molecular formula is C23H17NO5. The Morgan fingerprint density at radius 3 is 2.69 bits per heavy atom. The molecule has 1 N–H and O–H groups in total. The van der Waals surface area contributed by atoms with Crippen LogP contribution in [0.3, 0.4) is 0 Å². The van der Waals surface area contributed by atoms with Crippen molar-refractivity contribution in [2.24, 2.45) is 0 Å². The Kier molecular flexibility index (Phi) is 4.29. The van der Waals surface area contributed by atoms with E-state index in [0.717, 1.165) is 16.5 Å². The molecule has 4 aromatic rings. The van der Waals surface area contributed by atoms with Crippen molar-refractivity contribution in [3.05, 3.63) is 84.3 Å². The quantitative estimate of drug-likeness (QED) is 0.522. The summed E-state index contributed by atoms with van der Waals surface area (Å²) in [7, 11) is 0. The molecule has 0 saturated carbocycles. The second-order valence-electron chi connectivity index (χ2n) is 6.59. The van der Waals surface area contributed by atoms with Crippen molar-refractivity contribution in [1.29, 1.82) is 0 Å². The van der Waals surface area contributed by atoms with Gasteiger partial charge in [0.2, 0.25) is 6.79 Å². The molecule has 2 heterocycles. The molecule has 1 amide bonds. The minimum Gasteiger partial charge on any atom is -0.486 e. The number of nitrogens with one attached hydrogen (secondary N) is 1. The van der Waals surface area contributed by atoms with E-state index in [1.165, 1.54) is 0 Å². The highest BCUT2D eigenvalue weighted by molar-refractivity contribution is 6.02. The molecule has 0 fully saturated rings. The van der Waals surface area contributed by atoms with Crippen LogP contribution in [0.4, 0.5) is 5.69 Å². The van der Waals surface area contributed by atoms with Gasteiger partial charge in [0.15, 0.2) is 17.3 Å². The molecule has 144 valence electrons. The molecule has 29 heavy (non-hydrogen) atoms. The number of anilines is 1. The molecule has 0 atom stereocenters. The SMILES string of the molecule is O=C(Nc1ccc2c(c1)OCO2)c1ccc(COc2ccc3ccccc3c2)o1. The minimum atomic E-state index is -0.346. The number of hydrogen-bond donors (Lipinski definition) is 1. The van der Waals surface area contributed by atoms with Crippen LogP contribution >= 0.6 is 0 Å². The summed E-state index contributed by atoms with van der Waals surface area (Å²) in [5.41, 5.74) is 0.601. The van der Waals surface area contributed by atoms with Crippen LogP contribution in [0.25, 0.3) is 10.8 Å². The second kappa shape index (κ2) is 7.24. The van der Waals surface area contributed by atoms with Crippen molar-refractivity contribution < 1.29 is 23.4 Å². The first-order chi connectivity index (χ1) is 14.2. The Balaban J connectivity index is 1.23. The lowest BCUT2D eigenvalue weighted by molar-refractivity contribution is 0.0992. The summed E-state index contributed by atoms with van der Waals surface area (Å²) in [6.07, 6.45) is 0. The highest BCUT2D eigenvalue weighted by Gasteiger charge is 2.16. The fourth-order valence-corrected chi connectivity index (χ4v) is 3.16. The summed E-state index contributed by atoms with van der Waals surface area (Å²) < 4.78 is 22.0. The van der Waals surface area contributed by atoms with E-state index in [2.05, 4.69) is 11.4 Å². The highest BCUT2D eigenvalue weighted by atomic mass is 16.7. The normalized spacial score (nSPS) is 12.1. The van der Waals surface area contributed by atoms with Crippen molar-refractivity contribution in [1.82, 2.24) is 0 Å². The number of hydrogen-bond acceptors (Lipinski definition) is 5. The molecule has 0 bridgehead atoms. The molecule has 0 aliphatic carbocycles. The van der Waals surface area contributed by atoms with Gasteiger partial charge in [-0.2, -0.15) is 0 Å². The molecule has 3 aromatic carbocycles. The summed E-state index contributed by atoms with van der Waals surface area (Å²) in [6, 6.07) is 22.6. The molecule has 6 heteroatoms. The molecule has 1 aromatic heterocycles.